The maximum absolute atomic E-state index is 12.5. The number of fused-ring (bicyclic) bond motifs is 1. The van der Waals surface area contributed by atoms with Gasteiger partial charge in [-0.05, 0) is 42.5 Å². The number of rotatable bonds is 5. The molecule has 0 radical (unpaired) electrons. The van der Waals surface area contributed by atoms with Crippen LogP contribution < -0.4 is 5.73 Å². The first kappa shape index (κ1) is 22.5. The van der Waals surface area contributed by atoms with Crippen LogP contribution in [0.3, 0.4) is 0 Å². The van der Waals surface area contributed by atoms with Crippen molar-refractivity contribution in [2.45, 2.75) is 53.6 Å². The highest BCUT2D eigenvalue weighted by atomic mass is 16.5. The Bertz CT molecular complexity index is 1060. The molecule has 2 N–H and O–H groups in total. The number of aliphatic imine (C=N–C) groups is 1. The normalized spacial score (nSPS) is 13.7. The Morgan fingerprint density at radius 3 is 2.32 bits per heavy atom. The molecule has 1 heterocycles. The van der Waals surface area contributed by atoms with E-state index in [1.165, 1.54) is 0 Å². The van der Waals surface area contributed by atoms with Crippen molar-refractivity contribution in [1.29, 1.82) is 0 Å². The maximum atomic E-state index is 12.5. The molecule has 0 fully saturated rings. The lowest BCUT2D eigenvalue weighted by Gasteiger charge is -2.16. The van der Waals surface area contributed by atoms with Crippen LogP contribution in [0, 0.1) is 5.41 Å². The Hall–Kier alpha value is -3.21. The lowest BCUT2D eigenvalue weighted by molar-refractivity contribution is -0.142. The molecule has 0 atom stereocenters. The van der Waals surface area contributed by atoms with Gasteiger partial charge >= 0.3 is 5.97 Å². The van der Waals surface area contributed by atoms with Crippen LogP contribution in [-0.2, 0) is 9.53 Å². The third kappa shape index (κ3) is 5.91. The zero-order valence-corrected chi connectivity index (χ0v) is 18.9. The second-order valence-corrected chi connectivity index (χ2v) is 9.42. The number of nitrogens with zero attached hydrogens (tertiary/aromatic N) is 1. The minimum atomic E-state index is -0.374. The summed E-state index contributed by atoms with van der Waals surface area (Å²) >= 11 is 0. The van der Waals surface area contributed by atoms with Crippen molar-refractivity contribution in [2.24, 2.45) is 16.1 Å². The first-order valence-electron chi connectivity index (χ1n) is 10.5. The maximum Gasteiger partial charge on any atom is 0.334 e. The highest BCUT2D eigenvalue weighted by molar-refractivity contribution is 6.03. The molecule has 2 aromatic carbocycles. The van der Waals surface area contributed by atoms with E-state index < -0.39 is 0 Å². The minimum Gasteiger partial charge on any atom is -0.460 e. The lowest BCUT2D eigenvalue weighted by Crippen LogP contribution is -2.18. The van der Waals surface area contributed by atoms with E-state index in [0.29, 0.717) is 29.1 Å². The quantitative estimate of drug-likeness (QED) is 0.499. The van der Waals surface area contributed by atoms with Gasteiger partial charge in [-0.1, -0.05) is 57.2 Å². The molecule has 1 aliphatic heterocycles. The lowest BCUT2D eigenvalue weighted by atomic mass is 9.87. The van der Waals surface area contributed by atoms with Crippen LogP contribution in [0.1, 0.15) is 63.4 Å². The molecule has 162 valence electrons. The first-order valence-corrected chi connectivity index (χ1v) is 10.5. The molecule has 3 rings (SSSR count). The summed E-state index contributed by atoms with van der Waals surface area (Å²) in [6.07, 6.45) is 2.35. The zero-order chi connectivity index (χ0) is 22.8. The van der Waals surface area contributed by atoms with Crippen molar-refractivity contribution in [2.75, 3.05) is 0 Å². The summed E-state index contributed by atoms with van der Waals surface area (Å²) in [7, 11) is 0. The highest BCUT2D eigenvalue weighted by Gasteiger charge is 2.19. The number of ketones is 1. The van der Waals surface area contributed by atoms with Gasteiger partial charge in [-0.25, -0.2) is 9.79 Å². The van der Waals surface area contributed by atoms with Crippen LogP contribution in [0.15, 0.2) is 53.0 Å². The predicted molar refractivity (Wildman–Crippen MR) is 125 cm³/mol. The summed E-state index contributed by atoms with van der Waals surface area (Å²) < 4.78 is 5.32. The van der Waals surface area contributed by atoms with E-state index >= 15 is 0 Å². The molecule has 0 aliphatic carbocycles. The number of carbonyl (C=O) groups excluding carboxylic acids is 2. The summed E-state index contributed by atoms with van der Waals surface area (Å²) in [4.78, 5) is 29.3. The molecule has 5 heteroatoms. The Morgan fingerprint density at radius 1 is 1.06 bits per heavy atom. The van der Waals surface area contributed by atoms with Gasteiger partial charge in [-0.3, -0.25) is 4.79 Å². The third-order valence-corrected chi connectivity index (χ3v) is 4.83. The van der Waals surface area contributed by atoms with Crippen LogP contribution in [-0.4, -0.2) is 23.7 Å². The molecule has 0 saturated carbocycles. The number of ether oxygens (including phenoxy) is 1. The predicted octanol–water partition coefficient (Wildman–Crippen LogP) is 5.70. The van der Waals surface area contributed by atoms with Crippen molar-refractivity contribution in [3.63, 3.8) is 0 Å². The van der Waals surface area contributed by atoms with Crippen molar-refractivity contribution in [3.05, 3.63) is 59.2 Å². The summed E-state index contributed by atoms with van der Waals surface area (Å²) in [6, 6.07) is 13.5. The molecule has 0 amide bonds. The zero-order valence-electron chi connectivity index (χ0n) is 18.9. The van der Waals surface area contributed by atoms with Gasteiger partial charge in [-0.2, -0.15) is 0 Å². The molecular weight excluding hydrogens is 388 g/mol. The number of hydrogen-bond donors (Lipinski definition) is 1. The van der Waals surface area contributed by atoms with Gasteiger partial charge < -0.3 is 10.5 Å². The molecule has 0 unspecified atom stereocenters. The van der Waals surface area contributed by atoms with Gasteiger partial charge in [-0.15, -0.1) is 0 Å². The van der Waals surface area contributed by atoms with Crippen LogP contribution in [0.25, 0.3) is 17.2 Å². The molecular formula is C26H30N2O3. The number of benzene rings is 2. The molecule has 31 heavy (non-hydrogen) atoms. The van der Waals surface area contributed by atoms with Gasteiger partial charge in [0.25, 0.3) is 0 Å². The van der Waals surface area contributed by atoms with E-state index in [1.54, 1.807) is 6.08 Å². The van der Waals surface area contributed by atoms with Gasteiger partial charge in [0.2, 0.25) is 0 Å². The van der Waals surface area contributed by atoms with Gasteiger partial charge in [0.1, 0.15) is 5.84 Å². The van der Waals surface area contributed by atoms with Crippen LogP contribution in [0.2, 0.25) is 0 Å². The molecule has 5 nitrogen and oxygen atoms in total. The van der Waals surface area contributed by atoms with Crippen molar-refractivity contribution in [3.8, 4) is 11.1 Å². The minimum absolute atomic E-state index is 0.0430. The molecule has 0 bridgehead atoms. The van der Waals surface area contributed by atoms with Gasteiger partial charge in [0.15, 0.2) is 5.78 Å². The number of hydrogen-bond acceptors (Lipinski definition) is 5. The molecule has 0 aromatic heterocycles. The van der Waals surface area contributed by atoms with Crippen molar-refractivity contribution < 1.29 is 14.3 Å². The van der Waals surface area contributed by atoms with E-state index in [-0.39, 0.29) is 29.7 Å². The SMILES string of the molecule is CC(C)OC(=O)C1=Cc2ccc(-c3ccc(C(=O)CC(C)(C)C)cc3)cc2N=C(N)C1. The fourth-order valence-corrected chi connectivity index (χ4v) is 3.42. The van der Waals surface area contributed by atoms with Crippen molar-refractivity contribution in [1.82, 2.24) is 0 Å². The smallest absolute Gasteiger partial charge is 0.334 e. The number of amidine groups is 1. The molecule has 1 aliphatic rings. The average Bonchev–Trinajstić information content (AvgIpc) is 2.83. The molecule has 0 saturated heterocycles. The number of esters is 1. The number of nitrogens with two attached hydrogens (primary N) is 1. The average molecular weight is 419 g/mol. The Kier molecular flexibility index (Phi) is 6.44. The third-order valence-electron chi connectivity index (χ3n) is 4.83. The summed E-state index contributed by atoms with van der Waals surface area (Å²) in [6.45, 7) is 9.81. The van der Waals surface area contributed by atoms with Crippen LogP contribution in [0.4, 0.5) is 5.69 Å². The van der Waals surface area contributed by atoms with Crippen molar-refractivity contribution >= 4 is 29.4 Å². The Morgan fingerprint density at radius 2 is 1.71 bits per heavy atom. The second-order valence-electron chi connectivity index (χ2n) is 9.42. The Labute approximate surface area is 184 Å². The molecule has 0 spiro atoms. The summed E-state index contributed by atoms with van der Waals surface area (Å²) in [5, 5.41) is 0. The monoisotopic (exact) mass is 418 g/mol. The highest BCUT2D eigenvalue weighted by Crippen LogP contribution is 2.32. The summed E-state index contributed by atoms with van der Waals surface area (Å²) in [5.74, 6) is 0.135. The fourth-order valence-electron chi connectivity index (χ4n) is 3.42. The first-order chi connectivity index (χ1) is 14.5. The van der Waals surface area contributed by atoms with E-state index in [1.807, 2.05) is 56.3 Å². The van der Waals surface area contributed by atoms with Gasteiger partial charge in [0, 0.05) is 29.5 Å². The largest absolute Gasteiger partial charge is 0.460 e. The standard InChI is InChI=1S/C26H30N2O3/c1-16(2)31-25(30)21-12-20-11-10-19(13-22(20)28-24(27)14-21)17-6-8-18(9-7-17)23(29)15-26(3,4)5/h6-13,16H,14-15H2,1-5H3,(H2,27,28). The summed E-state index contributed by atoms with van der Waals surface area (Å²) in [5.41, 5.74) is 10.7. The van der Waals surface area contributed by atoms with Gasteiger partial charge in [0.05, 0.1) is 11.8 Å². The number of Topliss-reactive ketones (excluding diaryl/α,β-unsaturated/α-hetero) is 1. The van der Waals surface area contributed by atoms with E-state index in [2.05, 4.69) is 25.8 Å². The van der Waals surface area contributed by atoms with Crippen LogP contribution in [0.5, 0.6) is 0 Å². The van der Waals surface area contributed by atoms with E-state index in [0.717, 1.165) is 16.7 Å². The van der Waals surface area contributed by atoms with E-state index in [4.69, 9.17) is 10.5 Å². The number of carbonyl (C=O) groups is 2. The van der Waals surface area contributed by atoms with E-state index in [9.17, 15) is 9.59 Å². The van der Waals surface area contributed by atoms with Crippen LogP contribution >= 0.6 is 0 Å². The Balaban J connectivity index is 1.88. The fraction of sp³-hybridized carbons (Fsp3) is 0.346. The second kappa shape index (κ2) is 8.88. The topological polar surface area (TPSA) is 81.8 Å². The molecule has 2 aromatic rings.